The number of nitrogens with zero attached hydrogens (tertiary/aromatic N) is 6. The fourth-order valence-corrected chi connectivity index (χ4v) is 8.13. The summed E-state index contributed by atoms with van der Waals surface area (Å²) in [7, 11) is 3.71. The monoisotopic (exact) mass is 832 g/mol. The average Bonchev–Trinajstić information content (AvgIpc) is 3.61. The normalized spacial score (nSPS) is 18.6. The van der Waals surface area contributed by atoms with Crippen LogP contribution in [-0.2, 0) is 17.8 Å². The number of ether oxygens (including phenoxy) is 5. The Labute approximate surface area is 352 Å². The molecule has 14 nitrogen and oxygen atoms in total. The van der Waals surface area contributed by atoms with Crippen LogP contribution < -0.4 is 23.7 Å². The smallest absolute Gasteiger partial charge is 0.345 e. The van der Waals surface area contributed by atoms with E-state index in [9.17, 15) is 9.90 Å². The Kier molecular flexibility index (Phi) is 11.2. The van der Waals surface area contributed by atoms with Gasteiger partial charge in [0.25, 0.3) is 6.29 Å². The number of fused-ring (bicyclic) bond motifs is 6. The van der Waals surface area contributed by atoms with Crippen molar-refractivity contribution in [1.29, 1.82) is 0 Å². The molecule has 310 valence electrons. The first-order valence-electron chi connectivity index (χ1n) is 20.1. The minimum atomic E-state index is -1.40. The summed E-state index contributed by atoms with van der Waals surface area (Å²) in [5.41, 5.74) is 4.47. The highest BCUT2D eigenvalue weighted by Crippen LogP contribution is 2.49. The molecule has 4 bridgehead atoms. The van der Waals surface area contributed by atoms with Gasteiger partial charge in [0.05, 0.1) is 29.9 Å². The molecule has 1 saturated carbocycles. The third-order valence-corrected chi connectivity index (χ3v) is 12.0. The first-order chi connectivity index (χ1) is 29.2. The van der Waals surface area contributed by atoms with E-state index < -0.39 is 18.4 Å². The van der Waals surface area contributed by atoms with Crippen molar-refractivity contribution in [2.75, 3.05) is 46.9 Å². The van der Waals surface area contributed by atoms with E-state index in [1.54, 1.807) is 37.6 Å². The van der Waals surface area contributed by atoms with E-state index in [4.69, 9.17) is 44.7 Å². The maximum absolute atomic E-state index is 13.2. The summed E-state index contributed by atoms with van der Waals surface area (Å²) in [6.45, 7) is 5.95. The predicted molar refractivity (Wildman–Crippen MR) is 223 cm³/mol. The lowest BCUT2D eigenvalue weighted by molar-refractivity contribution is -0.145. The molecule has 6 aromatic rings. The number of rotatable bonds is 9. The van der Waals surface area contributed by atoms with E-state index in [0.29, 0.717) is 62.7 Å². The largest absolute Gasteiger partial charge is 0.496 e. The number of furan rings is 1. The molecule has 0 spiro atoms. The first kappa shape index (κ1) is 39.5. The maximum atomic E-state index is 13.2. The van der Waals surface area contributed by atoms with Gasteiger partial charge in [-0.15, -0.1) is 0 Å². The number of carboxylic acid groups (broad SMARTS) is 1. The van der Waals surface area contributed by atoms with Crippen LogP contribution in [0, 0.1) is 6.92 Å². The highest BCUT2D eigenvalue weighted by molar-refractivity contribution is 6.33. The molecule has 4 aliphatic rings. The number of halogens is 1. The van der Waals surface area contributed by atoms with Gasteiger partial charge in [-0.2, -0.15) is 0 Å². The quantitative estimate of drug-likeness (QED) is 0.152. The zero-order valence-corrected chi connectivity index (χ0v) is 34.4. The van der Waals surface area contributed by atoms with Crippen molar-refractivity contribution in [3.63, 3.8) is 0 Å². The van der Waals surface area contributed by atoms with Gasteiger partial charge in [-0.05, 0) is 80.4 Å². The van der Waals surface area contributed by atoms with Gasteiger partial charge >= 0.3 is 5.97 Å². The van der Waals surface area contributed by atoms with Crippen LogP contribution in [-0.4, -0.2) is 100 Å². The fourth-order valence-electron chi connectivity index (χ4n) is 7.92. The number of methoxy groups -OCH3 is 1. The first-order valence-corrected chi connectivity index (χ1v) is 20.5. The Hall–Kier alpha value is -5.96. The van der Waals surface area contributed by atoms with Gasteiger partial charge in [0.1, 0.15) is 47.1 Å². The van der Waals surface area contributed by atoms with Crippen molar-refractivity contribution in [3.05, 3.63) is 101 Å². The van der Waals surface area contributed by atoms with Crippen LogP contribution in [0.4, 0.5) is 0 Å². The number of likely N-dealkylation sites (N-methyl/N-ethyl adjacent to an activating group) is 1. The summed E-state index contributed by atoms with van der Waals surface area (Å²) in [4.78, 5) is 36.0. The van der Waals surface area contributed by atoms with Gasteiger partial charge < -0.3 is 38.1 Å². The van der Waals surface area contributed by atoms with E-state index in [1.165, 1.54) is 6.33 Å². The zero-order valence-electron chi connectivity index (χ0n) is 33.6. The van der Waals surface area contributed by atoms with Crippen LogP contribution in [0.2, 0.25) is 5.02 Å². The minimum Gasteiger partial charge on any atom is -0.496 e. The number of carbonyl (C=O) groups is 1. The van der Waals surface area contributed by atoms with Crippen molar-refractivity contribution in [1.82, 2.24) is 29.7 Å². The highest BCUT2D eigenvalue weighted by Gasteiger charge is 2.34. The molecular weight excluding hydrogens is 788 g/mol. The fraction of sp³-hybridized carbons (Fsp3) is 0.356. The number of hydrogen-bond acceptors (Lipinski definition) is 13. The molecule has 3 aliphatic heterocycles. The van der Waals surface area contributed by atoms with Crippen LogP contribution in [0.25, 0.3) is 33.6 Å². The maximum Gasteiger partial charge on any atom is 0.345 e. The number of hydrogen-bond donors (Lipinski definition) is 1. The third kappa shape index (κ3) is 8.02. The minimum absolute atomic E-state index is 0.0634. The lowest BCUT2D eigenvalue weighted by Gasteiger charge is -2.34. The lowest BCUT2D eigenvalue weighted by Crippen LogP contribution is -2.49. The Bertz CT molecular complexity index is 2540. The van der Waals surface area contributed by atoms with E-state index in [-0.39, 0.29) is 24.8 Å². The van der Waals surface area contributed by atoms with E-state index in [1.807, 2.05) is 43.3 Å². The van der Waals surface area contributed by atoms with Crippen LogP contribution in [0.3, 0.4) is 0 Å². The molecule has 2 fully saturated rings. The number of aromatic nitrogens is 4. The van der Waals surface area contributed by atoms with Gasteiger partial charge in [0.15, 0.2) is 5.82 Å². The molecule has 1 saturated heterocycles. The Morgan fingerprint density at radius 3 is 2.57 bits per heavy atom. The molecule has 0 unspecified atom stereocenters. The Morgan fingerprint density at radius 2 is 1.78 bits per heavy atom. The molecule has 6 heterocycles. The molecule has 1 aliphatic carbocycles. The van der Waals surface area contributed by atoms with E-state index >= 15 is 0 Å². The molecular formula is C45H45ClN6O8. The lowest BCUT2D eigenvalue weighted by atomic mass is 9.80. The second-order valence-electron chi connectivity index (χ2n) is 15.4. The molecule has 10 rings (SSSR count). The molecule has 3 aromatic carbocycles. The van der Waals surface area contributed by atoms with Crippen molar-refractivity contribution in [3.8, 4) is 51.4 Å². The van der Waals surface area contributed by atoms with Crippen molar-refractivity contribution >= 4 is 28.7 Å². The zero-order chi connectivity index (χ0) is 41.3. The highest BCUT2D eigenvalue weighted by atomic mass is 35.5. The summed E-state index contributed by atoms with van der Waals surface area (Å²) in [6.07, 6.45) is 3.69. The Morgan fingerprint density at radius 1 is 0.950 bits per heavy atom. The average molecular weight is 833 g/mol. The van der Waals surface area contributed by atoms with Crippen LogP contribution in [0.15, 0.2) is 77.6 Å². The van der Waals surface area contributed by atoms with Gasteiger partial charge in [-0.3, -0.25) is 4.90 Å². The molecule has 3 aromatic heterocycles. The predicted octanol–water partition coefficient (Wildman–Crippen LogP) is 7.58. The summed E-state index contributed by atoms with van der Waals surface area (Å²) < 4.78 is 38.2. The molecule has 1 N–H and O–H groups in total. The van der Waals surface area contributed by atoms with Gasteiger partial charge in [-0.25, -0.2) is 24.7 Å². The topological polar surface area (TPSA) is 155 Å². The van der Waals surface area contributed by atoms with E-state index in [0.717, 1.165) is 73.5 Å². The standard InChI is InChI=1S/C45H45ClN6O8/c1-26-31-12-14-35(40(26)46)58-37(23-52-19-17-51(2)18-20-52)57-30-11-13-33(56-24-29-15-16-47-42(50-29)32-9-4-5-10-34(32)55-3)28(21-30)22-36(45(53)54)59-43-39-38(31)41(27-7-6-8-27)60-44(39)49-25-48-43/h4-5,9-16,21,25,27,36-37H,6-8,17-20,22-24H2,1-3H3,(H,53,54)/t36-,37-/m1/s1. The molecule has 0 radical (unpaired) electrons. The number of para-hydroxylation sites is 1. The van der Waals surface area contributed by atoms with Gasteiger partial charge in [-0.1, -0.05) is 36.2 Å². The third-order valence-electron chi connectivity index (χ3n) is 11.5. The second kappa shape index (κ2) is 17.0. The van der Waals surface area contributed by atoms with Crippen LogP contribution >= 0.6 is 11.6 Å². The number of piperazine rings is 1. The summed E-state index contributed by atoms with van der Waals surface area (Å²) >= 11 is 7.19. The summed E-state index contributed by atoms with van der Waals surface area (Å²) in [5, 5.41) is 11.7. The van der Waals surface area contributed by atoms with Gasteiger partial charge in [0.2, 0.25) is 17.7 Å². The van der Waals surface area contributed by atoms with Gasteiger partial charge in [0, 0.05) is 55.8 Å². The van der Waals surface area contributed by atoms with E-state index in [2.05, 4.69) is 31.8 Å². The molecule has 0 amide bonds. The molecule has 2 atom stereocenters. The second-order valence-corrected chi connectivity index (χ2v) is 15.8. The summed E-state index contributed by atoms with van der Waals surface area (Å²) in [5.74, 6) is 2.27. The number of aliphatic carboxylic acids is 1. The van der Waals surface area contributed by atoms with Crippen LogP contribution in [0.5, 0.6) is 28.9 Å². The van der Waals surface area contributed by atoms with Crippen molar-refractivity contribution in [2.45, 2.75) is 57.5 Å². The molecule has 60 heavy (non-hydrogen) atoms. The van der Waals surface area contributed by atoms with Crippen molar-refractivity contribution < 1.29 is 38.0 Å². The SMILES string of the molecule is COc1ccccc1-c1nccc(COc2ccc3cc2C[C@H](C(=O)O)Oc2ncnc4oc(C5CCC5)c(c24)-c2ccc(c(Cl)c2C)O[C@H](CN2CCN(C)CC2)O3)n1. The summed E-state index contributed by atoms with van der Waals surface area (Å²) in [6, 6.07) is 18.4. The van der Waals surface area contributed by atoms with Crippen LogP contribution in [0.1, 0.15) is 47.8 Å². The number of carboxylic acids is 1. The number of benzene rings is 3. The molecule has 15 heteroatoms. The Balaban J connectivity index is 1.13. The van der Waals surface area contributed by atoms with Crippen molar-refractivity contribution in [2.24, 2.45) is 0 Å².